The summed E-state index contributed by atoms with van der Waals surface area (Å²) < 4.78 is 11.0. The molecule has 1 fully saturated rings. The van der Waals surface area contributed by atoms with Crippen molar-refractivity contribution in [3.05, 3.63) is 55.0 Å². The van der Waals surface area contributed by atoms with E-state index in [1.165, 1.54) is 0 Å². The van der Waals surface area contributed by atoms with Crippen LogP contribution >= 0.6 is 0 Å². The molecule has 1 aliphatic rings. The average Bonchev–Trinajstić information content (AvgIpc) is 3.23. The highest BCUT2D eigenvalue weighted by Crippen LogP contribution is 2.34. The minimum atomic E-state index is 0.730. The maximum Gasteiger partial charge on any atom is 0.129 e. The number of morpholine rings is 1. The van der Waals surface area contributed by atoms with Gasteiger partial charge < -0.3 is 14.4 Å². The summed E-state index contributed by atoms with van der Waals surface area (Å²) in [4.78, 5) is 11.0. The molecular formula is C22H21N5O2. The van der Waals surface area contributed by atoms with Crippen LogP contribution < -0.4 is 9.64 Å². The van der Waals surface area contributed by atoms with E-state index in [1.54, 1.807) is 13.3 Å². The van der Waals surface area contributed by atoms with Crippen LogP contribution in [0.1, 0.15) is 0 Å². The van der Waals surface area contributed by atoms with Gasteiger partial charge in [-0.25, -0.2) is 4.98 Å². The van der Waals surface area contributed by atoms with Gasteiger partial charge in [0.05, 0.1) is 25.8 Å². The summed E-state index contributed by atoms with van der Waals surface area (Å²) >= 11 is 0. The van der Waals surface area contributed by atoms with Gasteiger partial charge in [-0.15, -0.1) is 0 Å². The van der Waals surface area contributed by atoms with Crippen LogP contribution in [0.2, 0.25) is 0 Å². The minimum Gasteiger partial charge on any atom is -0.496 e. The van der Waals surface area contributed by atoms with Crippen LogP contribution in [-0.4, -0.2) is 53.6 Å². The minimum absolute atomic E-state index is 0.730. The lowest BCUT2D eigenvalue weighted by Gasteiger charge is -2.27. The first-order valence-electron chi connectivity index (χ1n) is 9.59. The number of methoxy groups -OCH3 is 1. The van der Waals surface area contributed by atoms with Crippen LogP contribution in [0.3, 0.4) is 0 Å². The van der Waals surface area contributed by atoms with Gasteiger partial charge in [-0.1, -0.05) is 6.07 Å². The molecule has 4 heterocycles. The Bertz CT molecular complexity index is 1150. The molecule has 146 valence electrons. The molecule has 1 aliphatic heterocycles. The maximum absolute atomic E-state index is 5.50. The fraction of sp³-hybridized carbons (Fsp3) is 0.227. The topological polar surface area (TPSA) is 76.2 Å². The van der Waals surface area contributed by atoms with Gasteiger partial charge in [-0.05, 0) is 35.9 Å². The Balaban J connectivity index is 1.58. The number of pyridine rings is 2. The molecule has 1 saturated heterocycles. The third kappa shape index (κ3) is 3.30. The van der Waals surface area contributed by atoms with Crippen LogP contribution in [-0.2, 0) is 4.74 Å². The monoisotopic (exact) mass is 387 g/mol. The number of anilines is 1. The molecule has 0 radical (unpaired) electrons. The predicted octanol–water partition coefficient (Wildman–Crippen LogP) is 3.53. The summed E-state index contributed by atoms with van der Waals surface area (Å²) in [6, 6.07) is 12.2. The third-order valence-electron chi connectivity index (χ3n) is 5.23. The number of hydrogen-bond donors (Lipinski definition) is 1. The van der Waals surface area contributed by atoms with E-state index in [0.29, 0.717) is 0 Å². The lowest BCUT2D eigenvalue weighted by Crippen LogP contribution is -2.36. The smallest absolute Gasteiger partial charge is 0.129 e. The number of rotatable bonds is 4. The van der Waals surface area contributed by atoms with Crippen molar-refractivity contribution in [3.8, 4) is 28.1 Å². The number of ether oxygens (including phenoxy) is 2. The molecule has 0 atom stereocenters. The number of nitrogens with zero attached hydrogens (tertiary/aromatic N) is 4. The molecule has 7 heteroatoms. The van der Waals surface area contributed by atoms with Crippen LogP contribution in [0.5, 0.6) is 5.75 Å². The zero-order valence-corrected chi connectivity index (χ0v) is 16.1. The molecule has 1 N–H and O–H groups in total. The first kappa shape index (κ1) is 17.6. The second-order valence-electron chi connectivity index (χ2n) is 6.91. The van der Waals surface area contributed by atoms with Gasteiger partial charge in [-0.3, -0.25) is 10.1 Å². The Morgan fingerprint density at radius 3 is 2.79 bits per heavy atom. The van der Waals surface area contributed by atoms with E-state index in [4.69, 9.17) is 9.47 Å². The van der Waals surface area contributed by atoms with E-state index in [0.717, 1.165) is 71.2 Å². The number of aromatic nitrogens is 4. The summed E-state index contributed by atoms with van der Waals surface area (Å²) in [6.07, 6.45) is 5.39. The fourth-order valence-electron chi connectivity index (χ4n) is 3.71. The standard InChI is InChI=1S/C22H21N5O2/c1-28-20-5-6-23-14-18(20)15-2-3-19-17(12-15)22(26-25-19)16-4-7-24-21(13-16)27-8-10-29-11-9-27/h2-7,12-14H,8-11H2,1H3,(H,25,26). The highest BCUT2D eigenvalue weighted by atomic mass is 16.5. The normalized spacial score (nSPS) is 14.3. The van der Waals surface area contributed by atoms with Gasteiger partial charge >= 0.3 is 0 Å². The Kier molecular flexibility index (Phi) is 4.57. The van der Waals surface area contributed by atoms with Crippen molar-refractivity contribution in [3.63, 3.8) is 0 Å². The summed E-state index contributed by atoms with van der Waals surface area (Å²) in [5.74, 6) is 1.75. The summed E-state index contributed by atoms with van der Waals surface area (Å²) in [5, 5.41) is 8.78. The summed E-state index contributed by atoms with van der Waals surface area (Å²) in [7, 11) is 1.67. The molecule has 1 aromatic carbocycles. The number of hydrogen-bond acceptors (Lipinski definition) is 6. The first-order valence-corrected chi connectivity index (χ1v) is 9.59. The maximum atomic E-state index is 5.50. The zero-order chi connectivity index (χ0) is 19.6. The van der Waals surface area contributed by atoms with Gasteiger partial charge in [0.25, 0.3) is 0 Å². The summed E-state index contributed by atoms with van der Waals surface area (Å²) in [5.41, 5.74) is 4.90. The molecular weight excluding hydrogens is 366 g/mol. The van der Waals surface area contributed by atoms with Crippen molar-refractivity contribution < 1.29 is 9.47 Å². The zero-order valence-electron chi connectivity index (χ0n) is 16.1. The highest BCUT2D eigenvalue weighted by molar-refractivity contribution is 5.96. The largest absolute Gasteiger partial charge is 0.496 e. The van der Waals surface area contributed by atoms with Gasteiger partial charge in [0.2, 0.25) is 0 Å². The molecule has 0 aliphatic carbocycles. The Morgan fingerprint density at radius 2 is 1.93 bits per heavy atom. The second kappa shape index (κ2) is 7.52. The number of fused-ring (bicyclic) bond motifs is 1. The van der Waals surface area contributed by atoms with Crippen LogP contribution in [0, 0.1) is 0 Å². The van der Waals surface area contributed by atoms with Crippen LogP contribution in [0.25, 0.3) is 33.3 Å². The van der Waals surface area contributed by atoms with E-state index >= 15 is 0 Å². The van der Waals surface area contributed by atoms with Gasteiger partial charge in [0.15, 0.2) is 0 Å². The van der Waals surface area contributed by atoms with Crippen molar-refractivity contribution in [2.24, 2.45) is 0 Å². The van der Waals surface area contributed by atoms with E-state index in [2.05, 4.69) is 43.3 Å². The SMILES string of the molecule is COc1ccncc1-c1ccc2[nH]nc(-c3ccnc(N4CCOCC4)c3)c2c1. The lowest BCUT2D eigenvalue weighted by atomic mass is 10.0. The number of nitrogens with one attached hydrogen (secondary N) is 1. The quantitative estimate of drug-likeness (QED) is 0.577. The fourth-order valence-corrected chi connectivity index (χ4v) is 3.71. The number of benzene rings is 1. The molecule has 7 nitrogen and oxygen atoms in total. The molecule has 3 aromatic heterocycles. The van der Waals surface area contributed by atoms with Gasteiger partial charge in [-0.2, -0.15) is 5.10 Å². The highest BCUT2D eigenvalue weighted by Gasteiger charge is 2.16. The lowest BCUT2D eigenvalue weighted by molar-refractivity contribution is 0.122. The van der Waals surface area contributed by atoms with Crippen molar-refractivity contribution in [1.82, 2.24) is 20.2 Å². The van der Waals surface area contributed by atoms with E-state index in [-0.39, 0.29) is 0 Å². The van der Waals surface area contributed by atoms with Crippen molar-refractivity contribution in [2.45, 2.75) is 0 Å². The van der Waals surface area contributed by atoms with Crippen LogP contribution in [0.4, 0.5) is 5.82 Å². The predicted molar refractivity (Wildman–Crippen MR) is 112 cm³/mol. The van der Waals surface area contributed by atoms with E-state index in [1.807, 2.05) is 30.6 Å². The van der Waals surface area contributed by atoms with Crippen molar-refractivity contribution >= 4 is 16.7 Å². The first-order chi connectivity index (χ1) is 14.3. The molecule has 29 heavy (non-hydrogen) atoms. The van der Waals surface area contributed by atoms with Gasteiger partial charge in [0.1, 0.15) is 17.3 Å². The molecule has 0 unspecified atom stereocenters. The van der Waals surface area contributed by atoms with Crippen molar-refractivity contribution in [2.75, 3.05) is 38.3 Å². The van der Waals surface area contributed by atoms with E-state index in [9.17, 15) is 0 Å². The summed E-state index contributed by atoms with van der Waals surface area (Å²) in [6.45, 7) is 3.16. The van der Waals surface area contributed by atoms with Crippen LogP contribution in [0.15, 0.2) is 55.0 Å². The molecule has 0 saturated carbocycles. The molecule has 5 rings (SSSR count). The Morgan fingerprint density at radius 1 is 1.03 bits per heavy atom. The molecule has 4 aromatic rings. The molecule has 0 amide bonds. The van der Waals surface area contributed by atoms with E-state index < -0.39 is 0 Å². The third-order valence-corrected chi connectivity index (χ3v) is 5.23. The average molecular weight is 387 g/mol. The van der Waals surface area contributed by atoms with Crippen molar-refractivity contribution in [1.29, 1.82) is 0 Å². The number of aromatic amines is 1. The molecule has 0 bridgehead atoms. The molecule has 0 spiro atoms. The second-order valence-corrected chi connectivity index (χ2v) is 6.91. The van der Waals surface area contributed by atoms with Gasteiger partial charge in [0, 0.05) is 48.2 Å². The Hall–Kier alpha value is -3.45. The Labute approximate surface area is 168 Å². The number of H-pyrrole nitrogens is 1.